The van der Waals surface area contributed by atoms with Crippen LogP contribution in [0.4, 0.5) is 5.69 Å². The number of nitrogens with one attached hydrogen (secondary N) is 1. The van der Waals surface area contributed by atoms with E-state index in [1.165, 1.54) is 11.3 Å². The Labute approximate surface area is 141 Å². The van der Waals surface area contributed by atoms with Crippen molar-refractivity contribution in [3.05, 3.63) is 40.9 Å². The van der Waals surface area contributed by atoms with Crippen LogP contribution in [-0.4, -0.2) is 41.1 Å². The predicted molar refractivity (Wildman–Crippen MR) is 90.7 cm³/mol. The van der Waals surface area contributed by atoms with Crippen molar-refractivity contribution in [1.82, 2.24) is 20.1 Å². The second-order valence-corrected chi connectivity index (χ2v) is 6.15. The molecule has 1 atom stereocenters. The van der Waals surface area contributed by atoms with E-state index in [0.717, 1.165) is 43.7 Å². The largest absolute Gasteiger partial charge is 0.378 e. The molecule has 1 aliphatic rings. The van der Waals surface area contributed by atoms with E-state index in [1.807, 2.05) is 19.2 Å². The first kappa shape index (κ1) is 16.2. The third kappa shape index (κ3) is 3.83. The summed E-state index contributed by atoms with van der Waals surface area (Å²) in [5.41, 5.74) is 2.41. The topological polar surface area (TPSA) is 55.2 Å². The van der Waals surface area contributed by atoms with Gasteiger partial charge in [-0.25, -0.2) is 4.98 Å². The molecule has 1 saturated heterocycles. The number of hydrogen-bond donors (Lipinski definition) is 1. The number of benzene rings is 1. The lowest BCUT2D eigenvalue weighted by Gasteiger charge is -2.31. The fourth-order valence-electron chi connectivity index (χ4n) is 2.86. The quantitative estimate of drug-likeness (QED) is 0.907. The molecule has 0 saturated carbocycles. The van der Waals surface area contributed by atoms with Crippen molar-refractivity contribution in [2.24, 2.45) is 7.05 Å². The van der Waals surface area contributed by atoms with E-state index < -0.39 is 0 Å². The molecule has 23 heavy (non-hydrogen) atoms. The van der Waals surface area contributed by atoms with E-state index in [-0.39, 0.29) is 6.04 Å². The molecule has 1 aromatic heterocycles. The number of aryl methyl sites for hydroxylation is 1. The molecule has 0 aliphatic carbocycles. The van der Waals surface area contributed by atoms with E-state index in [4.69, 9.17) is 16.3 Å². The zero-order valence-electron chi connectivity index (χ0n) is 13.5. The summed E-state index contributed by atoms with van der Waals surface area (Å²) in [4.78, 5) is 6.65. The van der Waals surface area contributed by atoms with E-state index in [9.17, 15) is 0 Å². The zero-order valence-corrected chi connectivity index (χ0v) is 14.3. The van der Waals surface area contributed by atoms with Crippen LogP contribution in [0.15, 0.2) is 24.5 Å². The summed E-state index contributed by atoms with van der Waals surface area (Å²) in [6, 6.07) is 6.18. The van der Waals surface area contributed by atoms with Crippen molar-refractivity contribution in [2.75, 3.05) is 31.2 Å². The number of hydrogen-bond acceptors (Lipinski definition) is 5. The van der Waals surface area contributed by atoms with Gasteiger partial charge in [0.1, 0.15) is 12.2 Å². The molecule has 0 bridgehead atoms. The minimum atomic E-state index is 0.110. The second-order valence-electron chi connectivity index (χ2n) is 5.72. The third-order valence-corrected chi connectivity index (χ3v) is 4.36. The number of halogens is 1. The average molecular weight is 336 g/mol. The van der Waals surface area contributed by atoms with Gasteiger partial charge in [-0.05, 0) is 30.7 Å². The fourth-order valence-corrected chi connectivity index (χ4v) is 3.05. The van der Waals surface area contributed by atoms with E-state index >= 15 is 0 Å². The lowest BCUT2D eigenvalue weighted by atomic mass is 10.1. The van der Waals surface area contributed by atoms with Crippen LogP contribution in [0.5, 0.6) is 0 Å². The molecule has 3 rings (SSSR count). The van der Waals surface area contributed by atoms with Gasteiger partial charge in [0.25, 0.3) is 0 Å². The van der Waals surface area contributed by atoms with Crippen molar-refractivity contribution in [1.29, 1.82) is 0 Å². The van der Waals surface area contributed by atoms with Gasteiger partial charge in [0.05, 0.1) is 19.3 Å². The highest BCUT2D eigenvalue weighted by atomic mass is 35.5. The minimum Gasteiger partial charge on any atom is -0.378 e. The maximum absolute atomic E-state index is 6.20. The predicted octanol–water partition coefficient (Wildman–Crippen LogP) is 2.16. The van der Waals surface area contributed by atoms with Crippen molar-refractivity contribution in [3.63, 3.8) is 0 Å². The highest BCUT2D eigenvalue weighted by molar-refractivity contribution is 6.30. The summed E-state index contributed by atoms with van der Waals surface area (Å²) < 4.78 is 7.23. The van der Waals surface area contributed by atoms with Gasteiger partial charge in [-0.3, -0.25) is 4.68 Å². The molecule has 0 radical (unpaired) electrons. The Balaban J connectivity index is 1.73. The molecule has 0 amide bonds. The van der Waals surface area contributed by atoms with Gasteiger partial charge < -0.3 is 15.0 Å². The number of nitrogens with zero attached hydrogens (tertiary/aromatic N) is 4. The second kappa shape index (κ2) is 7.29. The number of aromatic nitrogens is 3. The van der Waals surface area contributed by atoms with Crippen LogP contribution < -0.4 is 10.2 Å². The third-order valence-electron chi connectivity index (χ3n) is 4.13. The van der Waals surface area contributed by atoms with Gasteiger partial charge in [0.2, 0.25) is 0 Å². The summed E-state index contributed by atoms with van der Waals surface area (Å²) in [6.45, 7) is 6.17. The highest BCUT2D eigenvalue weighted by Crippen LogP contribution is 2.26. The first-order valence-electron chi connectivity index (χ1n) is 7.83. The zero-order chi connectivity index (χ0) is 16.2. The first-order valence-corrected chi connectivity index (χ1v) is 8.21. The molecule has 1 fully saturated rings. The maximum Gasteiger partial charge on any atom is 0.143 e. The maximum atomic E-state index is 6.20. The number of ether oxygens (including phenoxy) is 1. The molecule has 1 unspecified atom stereocenters. The van der Waals surface area contributed by atoms with Gasteiger partial charge in [-0.1, -0.05) is 11.6 Å². The first-order chi connectivity index (χ1) is 11.1. The average Bonchev–Trinajstić information content (AvgIpc) is 3.00. The molecule has 0 spiro atoms. The van der Waals surface area contributed by atoms with Gasteiger partial charge in [0, 0.05) is 37.4 Å². The smallest absolute Gasteiger partial charge is 0.143 e. The Kier molecular flexibility index (Phi) is 5.15. The number of anilines is 1. The lowest BCUT2D eigenvalue weighted by Crippen LogP contribution is -2.37. The Morgan fingerprint density at radius 3 is 2.83 bits per heavy atom. The van der Waals surface area contributed by atoms with Crippen molar-refractivity contribution >= 4 is 17.3 Å². The van der Waals surface area contributed by atoms with Crippen molar-refractivity contribution < 1.29 is 4.74 Å². The summed E-state index contributed by atoms with van der Waals surface area (Å²) in [6.07, 6.45) is 1.58. The normalized spacial score (nSPS) is 16.6. The fraction of sp³-hybridized carbons (Fsp3) is 0.500. The molecule has 7 heteroatoms. The van der Waals surface area contributed by atoms with Gasteiger partial charge >= 0.3 is 0 Å². The van der Waals surface area contributed by atoms with E-state index in [2.05, 4.69) is 33.3 Å². The molecular formula is C16H22ClN5O. The number of rotatable bonds is 5. The van der Waals surface area contributed by atoms with Crippen molar-refractivity contribution in [3.8, 4) is 0 Å². The van der Waals surface area contributed by atoms with Crippen LogP contribution in [0, 0.1) is 0 Å². The van der Waals surface area contributed by atoms with Crippen LogP contribution in [0.25, 0.3) is 0 Å². The summed E-state index contributed by atoms with van der Waals surface area (Å²) >= 11 is 6.20. The minimum absolute atomic E-state index is 0.110. The summed E-state index contributed by atoms with van der Waals surface area (Å²) in [5, 5.41) is 8.38. The van der Waals surface area contributed by atoms with Crippen LogP contribution in [0.2, 0.25) is 5.02 Å². The highest BCUT2D eigenvalue weighted by Gasteiger charge is 2.16. The molecule has 6 nitrogen and oxygen atoms in total. The molecule has 1 aromatic carbocycles. The Bertz CT molecular complexity index is 654. The van der Waals surface area contributed by atoms with Crippen molar-refractivity contribution in [2.45, 2.75) is 19.5 Å². The van der Waals surface area contributed by atoms with E-state index in [0.29, 0.717) is 0 Å². The van der Waals surface area contributed by atoms with E-state index in [1.54, 1.807) is 11.0 Å². The van der Waals surface area contributed by atoms with Crippen LogP contribution >= 0.6 is 11.6 Å². The Hall–Kier alpha value is -1.63. The molecular weight excluding hydrogens is 314 g/mol. The molecule has 2 aromatic rings. The lowest BCUT2D eigenvalue weighted by molar-refractivity contribution is 0.122. The number of morpholine rings is 1. The molecule has 1 aliphatic heterocycles. The molecule has 1 N–H and O–H groups in total. The van der Waals surface area contributed by atoms with Gasteiger partial charge in [-0.15, -0.1) is 0 Å². The monoisotopic (exact) mass is 335 g/mol. The Morgan fingerprint density at radius 2 is 2.13 bits per heavy atom. The summed E-state index contributed by atoms with van der Waals surface area (Å²) in [5.74, 6) is 0.917. The SMILES string of the molecule is CC(NCc1cc(Cl)ccc1N1CCOCC1)c1ncnn1C. The van der Waals surface area contributed by atoms with Gasteiger partial charge in [-0.2, -0.15) is 5.10 Å². The molecule has 124 valence electrons. The Morgan fingerprint density at radius 1 is 1.35 bits per heavy atom. The summed E-state index contributed by atoms with van der Waals surface area (Å²) in [7, 11) is 1.90. The van der Waals surface area contributed by atoms with Crippen LogP contribution in [0.3, 0.4) is 0 Å². The standard InChI is InChI=1S/C16H22ClN5O/c1-12(16-19-11-20-21(16)2)18-10-13-9-14(17)3-4-15(13)22-5-7-23-8-6-22/h3-4,9,11-12,18H,5-8,10H2,1-2H3. The van der Waals surface area contributed by atoms with Crippen LogP contribution in [-0.2, 0) is 18.3 Å². The molecule has 2 heterocycles. The van der Waals surface area contributed by atoms with Crippen LogP contribution in [0.1, 0.15) is 24.4 Å². The van der Waals surface area contributed by atoms with Gasteiger partial charge in [0.15, 0.2) is 0 Å².